The lowest BCUT2D eigenvalue weighted by atomic mass is 10.1. The van der Waals surface area contributed by atoms with Crippen molar-refractivity contribution >= 4 is 11.6 Å². The van der Waals surface area contributed by atoms with Gasteiger partial charge in [0.25, 0.3) is 0 Å². The molecule has 0 atom stereocenters. The number of hydrogen-bond donors (Lipinski definition) is 0. The molecule has 6 heteroatoms. The summed E-state index contributed by atoms with van der Waals surface area (Å²) in [6.45, 7) is 0.0650. The van der Waals surface area contributed by atoms with Gasteiger partial charge in [-0.1, -0.05) is 0 Å². The van der Waals surface area contributed by atoms with Crippen LogP contribution in [0, 0.1) is 23.3 Å². The van der Waals surface area contributed by atoms with E-state index in [9.17, 15) is 22.4 Å². The first-order valence-electron chi connectivity index (χ1n) is 5.15. The summed E-state index contributed by atoms with van der Waals surface area (Å²) in [6.07, 6.45) is 1.27. The standard InChI is InChI=1S/C11H9F4NO/c12-6-5-7(13)10(15)11(9(6)14)16-4-2-1-3-8(16)17/h5H,1-4H2. The van der Waals surface area contributed by atoms with Crippen molar-refractivity contribution in [2.24, 2.45) is 0 Å². The van der Waals surface area contributed by atoms with Gasteiger partial charge in [-0.05, 0) is 12.8 Å². The highest BCUT2D eigenvalue weighted by Gasteiger charge is 2.29. The molecule has 0 aliphatic carbocycles. The van der Waals surface area contributed by atoms with E-state index in [0.29, 0.717) is 12.8 Å². The Balaban J connectivity index is 2.53. The highest BCUT2D eigenvalue weighted by atomic mass is 19.2. The van der Waals surface area contributed by atoms with E-state index in [2.05, 4.69) is 0 Å². The van der Waals surface area contributed by atoms with Gasteiger partial charge in [0.1, 0.15) is 5.69 Å². The van der Waals surface area contributed by atoms with Crippen molar-refractivity contribution in [3.8, 4) is 0 Å². The molecule has 1 aliphatic heterocycles. The first-order valence-corrected chi connectivity index (χ1v) is 5.15. The fourth-order valence-corrected chi connectivity index (χ4v) is 1.84. The summed E-state index contributed by atoms with van der Waals surface area (Å²) in [5.41, 5.74) is -0.924. The first-order chi connectivity index (χ1) is 8.02. The van der Waals surface area contributed by atoms with Crippen molar-refractivity contribution < 1.29 is 22.4 Å². The van der Waals surface area contributed by atoms with Crippen LogP contribution in [0.25, 0.3) is 0 Å². The Morgan fingerprint density at radius 2 is 1.59 bits per heavy atom. The lowest BCUT2D eigenvalue weighted by Gasteiger charge is -2.27. The van der Waals surface area contributed by atoms with Crippen LogP contribution in [-0.2, 0) is 4.79 Å². The van der Waals surface area contributed by atoms with E-state index < -0.39 is 34.9 Å². The summed E-state index contributed by atoms with van der Waals surface area (Å²) < 4.78 is 52.8. The van der Waals surface area contributed by atoms with Crippen molar-refractivity contribution in [1.29, 1.82) is 0 Å². The number of carbonyl (C=O) groups excluding carboxylic acids is 1. The summed E-state index contributed by atoms with van der Waals surface area (Å²) >= 11 is 0. The lowest BCUT2D eigenvalue weighted by molar-refractivity contribution is -0.119. The molecule has 2 rings (SSSR count). The third-order valence-corrected chi connectivity index (χ3v) is 2.68. The molecule has 0 aromatic heterocycles. The molecule has 1 heterocycles. The zero-order chi connectivity index (χ0) is 12.6. The van der Waals surface area contributed by atoms with Crippen LogP contribution in [0.4, 0.5) is 23.2 Å². The second-order valence-electron chi connectivity index (χ2n) is 3.82. The Labute approximate surface area is 94.8 Å². The molecule has 0 spiro atoms. The highest BCUT2D eigenvalue weighted by Crippen LogP contribution is 2.30. The smallest absolute Gasteiger partial charge is 0.227 e. The van der Waals surface area contributed by atoms with Crippen LogP contribution in [0.2, 0.25) is 0 Å². The Morgan fingerprint density at radius 3 is 2.12 bits per heavy atom. The molecule has 92 valence electrons. The number of piperidine rings is 1. The number of benzene rings is 1. The fourth-order valence-electron chi connectivity index (χ4n) is 1.84. The molecule has 1 aromatic carbocycles. The lowest BCUT2D eigenvalue weighted by Crippen LogP contribution is -2.37. The molecule has 1 amide bonds. The van der Waals surface area contributed by atoms with E-state index >= 15 is 0 Å². The number of nitrogens with zero attached hydrogens (tertiary/aromatic N) is 1. The largest absolute Gasteiger partial charge is 0.307 e. The van der Waals surface area contributed by atoms with E-state index in [1.165, 1.54) is 0 Å². The number of hydrogen-bond acceptors (Lipinski definition) is 1. The van der Waals surface area contributed by atoms with Gasteiger partial charge >= 0.3 is 0 Å². The van der Waals surface area contributed by atoms with Crippen LogP contribution in [0.1, 0.15) is 19.3 Å². The zero-order valence-electron chi connectivity index (χ0n) is 8.77. The first kappa shape index (κ1) is 11.9. The minimum atomic E-state index is -1.53. The molecule has 0 saturated carbocycles. The molecule has 17 heavy (non-hydrogen) atoms. The van der Waals surface area contributed by atoms with Gasteiger partial charge in [0, 0.05) is 19.0 Å². The van der Waals surface area contributed by atoms with Crippen LogP contribution in [0.3, 0.4) is 0 Å². The molecule has 0 radical (unpaired) electrons. The van der Waals surface area contributed by atoms with Gasteiger partial charge in [-0.3, -0.25) is 4.79 Å². The summed E-state index contributed by atoms with van der Waals surface area (Å²) in [6, 6.07) is 0.128. The molecule has 1 saturated heterocycles. The van der Waals surface area contributed by atoms with Crippen LogP contribution in [0.15, 0.2) is 6.07 Å². The van der Waals surface area contributed by atoms with Crippen molar-refractivity contribution in [3.05, 3.63) is 29.3 Å². The molecule has 1 aliphatic rings. The van der Waals surface area contributed by atoms with E-state index in [1.54, 1.807) is 0 Å². The maximum absolute atomic E-state index is 13.4. The van der Waals surface area contributed by atoms with Crippen molar-refractivity contribution in [2.45, 2.75) is 19.3 Å². The van der Waals surface area contributed by atoms with E-state index in [0.717, 1.165) is 4.90 Å². The minimum Gasteiger partial charge on any atom is -0.307 e. The molecule has 0 N–H and O–H groups in total. The molecule has 0 unspecified atom stereocenters. The SMILES string of the molecule is O=C1CCCCN1c1c(F)c(F)cc(F)c1F. The molecule has 1 fully saturated rings. The number of halogens is 4. The molecular formula is C11H9F4NO. The van der Waals surface area contributed by atoms with Gasteiger partial charge in [-0.25, -0.2) is 17.6 Å². The minimum absolute atomic E-state index is 0.0650. The van der Waals surface area contributed by atoms with E-state index in [4.69, 9.17) is 0 Å². The maximum Gasteiger partial charge on any atom is 0.227 e. The second kappa shape index (κ2) is 4.35. The predicted molar refractivity (Wildman–Crippen MR) is 52.5 cm³/mol. The number of rotatable bonds is 1. The van der Waals surface area contributed by atoms with Gasteiger partial charge in [0.2, 0.25) is 5.91 Å². The Morgan fingerprint density at radius 1 is 1.00 bits per heavy atom. The number of carbonyl (C=O) groups is 1. The summed E-state index contributed by atoms with van der Waals surface area (Å²) in [5.74, 6) is -6.59. The van der Waals surface area contributed by atoms with Crippen LogP contribution in [0.5, 0.6) is 0 Å². The second-order valence-corrected chi connectivity index (χ2v) is 3.82. The van der Waals surface area contributed by atoms with Crippen LogP contribution < -0.4 is 4.90 Å². The summed E-state index contributed by atoms with van der Waals surface area (Å²) in [5, 5.41) is 0. The van der Waals surface area contributed by atoms with Crippen molar-refractivity contribution in [1.82, 2.24) is 0 Å². The normalized spacial score (nSPS) is 16.5. The summed E-state index contributed by atoms with van der Waals surface area (Å²) in [7, 11) is 0. The molecule has 1 aromatic rings. The highest BCUT2D eigenvalue weighted by molar-refractivity contribution is 5.94. The Bertz CT molecular complexity index is 449. The molecular weight excluding hydrogens is 238 g/mol. The zero-order valence-corrected chi connectivity index (χ0v) is 8.77. The average molecular weight is 247 g/mol. The van der Waals surface area contributed by atoms with Crippen molar-refractivity contribution in [2.75, 3.05) is 11.4 Å². The average Bonchev–Trinajstić information content (AvgIpc) is 2.29. The van der Waals surface area contributed by atoms with Gasteiger partial charge < -0.3 is 4.90 Å². The Kier molecular flexibility index (Phi) is 3.04. The topological polar surface area (TPSA) is 20.3 Å². The van der Waals surface area contributed by atoms with Gasteiger partial charge in [-0.2, -0.15) is 0 Å². The van der Waals surface area contributed by atoms with E-state index in [1.807, 2.05) is 0 Å². The quantitative estimate of drug-likeness (QED) is 0.552. The van der Waals surface area contributed by atoms with Crippen LogP contribution >= 0.6 is 0 Å². The molecule has 0 bridgehead atoms. The third kappa shape index (κ3) is 1.99. The maximum atomic E-state index is 13.4. The number of amides is 1. The van der Waals surface area contributed by atoms with Crippen LogP contribution in [-0.4, -0.2) is 12.5 Å². The fraction of sp³-hybridized carbons (Fsp3) is 0.364. The summed E-state index contributed by atoms with van der Waals surface area (Å²) in [4.78, 5) is 12.2. The molecule has 2 nitrogen and oxygen atoms in total. The predicted octanol–water partition coefficient (Wildman–Crippen LogP) is 2.76. The van der Waals surface area contributed by atoms with Crippen molar-refractivity contribution in [3.63, 3.8) is 0 Å². The number of anilines is 1. The Hall–Kier alpha value is -1.59. The van der Waals surface area contributed by atoms with Gasteiger partial charge in [-0.15, -0.1) is 0 Å². The van der Waals surface area contributed by atoms with Gasteiger partial charge in [0.15, 0.2) is 23.3 Å². The van der Waals surface area contributed by atoms with Gasteiger partial charge in [0.05, 0.1) is 0 Å². The monoisotopic (exact) mass is 247 g/mol. The third-order valence-electron chi connectivity index (χ3n) is 2.68. The van der Waals surface area contributed by atoms with E-state index in [-0.39, 0.29) is 19.0 Å².